The SMILES string of the molecule is O=C(Nc1nc(C(=O)N2[C@@H]3CC[C@H]2[C@@H](C(=O)O)C3)cs1)OCC1c2ccccc2-c2ccccc21. The average Bonchev–Trinajstić information content (AvgIpc) is 3.64. The summed E-state index contributed by atoms with van der Waals surface area (Å²) in [6.45, 7) is 0.185. The number of rotatable bonds is 5. The second-order valence-corrected chi connectivity index (χ2v) is 10.0. The van der Waals surface area contributed by atoms with Crippen LogP contribution in [0.3, 0.4) is 0 Å². The Balaban J connectivity index is 1.10. The molecule has 1 aromatic heterocycles. The number of aromatic nitrogens is 1. The first-order valence-corrected chi connectivity index (χ1v) is 12.5. The summed E-state index contributed by atoms with van der Waals surface area (Å²) >= 11 is 1.14. The van der Waals surface area contributed by atoms with E-state index in [9.17, 15) is 19.5 Å². The molecule has 3 atom stereocenters. The van der Waals surface area contributed by atoms with Crippen molar-refractivity contribution in [2.24, 2.45) is 5.92 Å². The number of hydrogen-bond donors (Lipinski definition) is 2. The number of ether oxygens (including phenoxy) is 1. The molecule has 2 aliphatic heterocycles. The summed E-state index contributed by atoms with van der Waals surface area (Å²) in [5.41, 5.74) is 4.78. The van der Waals surface area contributed by atoms with Gasteiger partial charge in [-0.25, -0.2) is 9.78 Å². The van der Waals surface area contributed by atoms with Crippen LogP contribution in [0.4, 0.5) is 9.93 Å². The van der Waals surface area contributed by atoms with Crippen LogP contribution in [-0.2, 0) is 9.53 Å². The molecule has 178 valence electrons. The van der Waals surface area contributed by atoms with Crippen LogP contribution in [-0.4, -0.2) is 51.7 Å². The predicted molar refractivity (Wildman–Crippen MR) is 130 cm³/mol. The Bertz CT molecular complexity index is 1290. The summed E-state index contributed by atoms with van der Waals surface area (Å²) in [6.07, 6.45) is 1.37. The highest BCUT2D eigenvalue weighted by Gasteiger charge is 2.51. The number of carboxylic acids is 1. The van der Waals surface area contributed by atoms with Crippen LogP contribution in [0.1, 0.15) is 46.8 Å². The van der Waals surface area contributed by atoms with Crippen molar-refractivity contribution in [3.63, 3.8) is 0 Å². The molecule has 0 unspecified atom stereocenters. The monoisotopic (exact) mass is 489 g/mol. The van der Waals surface area contributed by atoms with Crippen LogP contribution in [0, 0.1) is 5.92 Å². The van der Waals surface area contributed by atoms with Crippen LogP contribution in [0.25, 0.3) is 11.1 Å². The van der Waals surface area contributed by atoms with Crippen molar-refractivity contribution in [3.8, 4) is 11.1 Å². The third kappa shape index (κ3) is 3.67. The van der Waals surface area contributed by atoms with Crippen molar-refractivity contribution in [2.75, 3.05) is 11.9 Å². The second kappa shape index (κ2) is 8.49. The third-order valence-electron chi connectivity index (χ3n) is 7.36. The minimum atomic E-state index is -0.856. The molecule has 2 fully saturated rings. The summed E-state index contributed by atoms with van der Waals surface area (Å²) in [5, 5.41) is 13.9. The molecular weight excluding hydrogens is 466 g/mol. The minimum absolute atomic E-state index is 0.0468. The number of carboxylic acid groups (broad SMARTS) is 1. The summed E-state index contributed by atoms with van der Waals surface area (Å²) in [6, 6.07) is 15.9. The number of fused-ring (bicyclic) bond motifs is 5. The van der Waals surface area contributed by atoms with Gasteiger partial charge in [0.15, 0.2) is 5.13 Å². The molecular formula is C26H23N3O5S. The zero-order chi connectivity index (χ0) is 24.1. The fraction of sp³-hybridized carbons (Fsp3) is 0.308. The zero-order valence-electron chi connectivity index (χ0n) is 18.7. The standard InChI is InChI=1S/C26H23N3O5S/c30-23(29-14-9-10-22(29)19(11-14)24(31)32)21-13-35-25(27-21)28-26(33)34-12-20-17-7-3-1-5-15(17)16-6-2-4-8-18(16)20/h1-8,13-14,19-20,22H,9-12H2,(H,31,32)(H,27,28,33)/t14-,19+,22+/m1/s1. The number of benzene rings is 2. The lowest BCUT2D eigenvalue weighted by atomic mass is 9.89. The van der Waals surface area contributed by atoms with Crippen molar-refractivity contribution in [2.45, 2.75) is 37.3 Å². The van der Waals surface area contributed by atoms with E-state index in [2.05, 4.69) is 34.6 Å². The van der Waals surface area contributed by atoms with E-state index in [-0.39, 0.29) is 41.3 Å². The number of hydrogen-bond acceptors (Lipinski definition) is 6. The molecule has 3 aliphatic rings. The summed E-state index contributed by atoms with van der Waals surface area (Å²) in [4.78, 5) is 43.0. The van der Waals surface area contributed by atoms with Crippen molar-refractivity contribution in [1.82, 2.24) is 9.88 Å². The lowest BCUT2D eigenvalue weighted by molar-refractivity contribution is -0.142. The van der Waals surface area contributed by atoms with Crippen molar-refractivity contribution in [3.05, 3.63) is 70.7 Å². The summed E-state index contributed by atoms with van der Waals surface area (Å²) in [5.74, 6) is -1.70. The van der Waals surface area contributed by atoms with Crippen LogP contribution in [0.5, 0.6) is 0 Å². The fourth-order valence-electron chi connectivity index (χ4n) is 5.85. The van der Waals surface area contributed by atoms with Crippen LogP contribution < -0.4 is 5.32 Å². The summed E-state index contributed by atoms with van der Waals surface area (Å²) in [7, 11) is 0. The van der Waals surface area contributed by atoms with Crippen LogP contribution in [0.15, 0.2) is 53.9 Å². The molecule has 35 heavy (non-hydrogen) atoms. The van der Waals surface area contributed by atoms with Gasteiger partial charge in [0, 0.05) is 23.4 Å². The maximum atomic E-state index is 13.0. The number of thiazole rings is 1. The lowest BCUT2D eigenvalue weighted by Gasteiger charge is -2.22. The van der Waals surface area contributed by atoms with Gasteiger partial charge in [0.2, 0.25) is 0 Å². The second-order valence-electron chi connectivity index (χ2n) is 9.18. The molecule has 2 bridgehead atoms. The van der Waals surface area contributed by atoms with E-state index in [4.69, 9.17) is 4.74 Å². The molecule has 0 radical (unpaired) electrons. The molecule has 8 nitrogen and oxygen atoms in total. The van der Waals surface area contributed by atoms with Gasteiger partial charge in [0.1, 0.15) is 12.3 Å². The molecule has 3 aromatic rings. The van der Waals surface area contributed by atoms with Crippen molar-refractivity contribution < 1.29 is 24.2 Å². The Morgan fingerprint density at radius 3 is 2.40 bits per heavy atom. The normalized spacial score (nSPS) is 22.1. The van der Waals surface area contributed by atoms with Gasteiger partial charge in [-0.05, 0) is 41.5 Å². The van der Waals surface area contributed by atoms with E-state index >= 15 is 0 Å². The molecule has 2 aromatic carbocycles. The first kappa shape index (κ1) is 21.8. The maximum Gasteiger partial charge on any atom is 0.413 e. The lowest BCUT2D eigenvalue weighted by Crippen LogP contribution is -2.38. The third-order valence-corrected chi connectivity index (χ3v) is 8.12. The summed E-state index contributed by atoms with van der Waals surface area (Å²) < 4.78 is 5.55. The van der Waals surface area contributed by atoms with Gasteiger partial charge in [-0.15, -0.1) is 11.3 Å². The molecule has 0 saturated carbocycles. The largest absolute Gasteiger partial charge is 0.481 e. The highest BCUT2D eigenvalue weighted by atomic mass is 32.1. The number of anilines is 1. The first-order chi connectivity index (χ1) is 17.0. The van der Waals surface area contributed by atoms with Crippen LogP contribution >= 0.6 is 11.3 Å². The predicted octanol–water partition coefficient (Wildman–Crippen LogP) is 4.58. The minimum Gasteiger partial charge on any atom is -0.481 e. The van der Waals surface area contributed by atoms with Gasteiger partial charge in [-0.3, -0.25) is 14.9 Å². The van der Waals surface area contributed by atoms with E-state index in [0.29, 0.717) is 12.8 Å². The van der Waals surface area contributed by atoms with Gasteiger partial charge in [0.05, 0.1) is 5.92 Å². The zero-order valence-corrected chi connectivity index (χ0v) is 19.5. The number of nitrogens with one attached hydrogen (secondary N) is 1. The van der Waals surface area contributed by atoms with Gasteiger partial charge >= 0.3 is 12.1 Å². The molecule has 2 saturated heterocycles. The highest BCUT2D eigenvalue weighted by molar-refractivity contribution is 7.14. The van der Waals surface area contributed by atoms with E-state index < -0.39 is 18.0 Å². The fourth-order valence-corrected chi connectivity index (χ4v) is 6.52. The number of nitrogens with zero attached hydrogens (tertiary/aromatic N) is 2. The molecule has 2 N–H and O–H groups in total. The Hall–Kier alpha value is -3.72. The smallest absolute Gasteiger partial charge is 0.413 e. The molecule has 6 rings (SSSR count). The number of aliphatic carboxylic acids is 1. The number of amides is 2. The Kier molecular flexibility index (Phi) is 5.29. The molecule has 9 heteroatoms. The Labute approximate surface area is 205 Å². The van der Waals surface area contributed by atoms with E-state index in [0.717, 1.165) is 40.0 Å². The average molecular weight is 490 g/mol. The maximum absolute atomic E-state index is 13.0. The molecule has 2 amide bonds. The number of carbonyl (C=O) groups excluding carboxylic acids is 2. The van der Waals surface area contributed by atoms with Gasteiger partial charge < -0.3 is 14.7 Å². The Morgan fingerprint density at radius 1 is 1.06 bits per heavy atom. The van der Waals surface area contributed by atoms with Gasteiger partial charge in [-0.1, -0.05) is 48.5 Å². The molecule has 3 heterocycles. The van der Waals surface area contributed by atoms with Gasteiger partial charge in [-0.2, -0.15) is 0 Å². The topological polar surface area (TPSA) is 109 Å². The van der Waals surface area contributed by atoms with E-state index in [1.165, 1.54) is 0 Å². The highest BCUT2D eigenvalue weighted by Crippen LogP contribution is 2.45. The quantitative estimate of drug-likeness (QED) is 0.543. The van der Waals surface area contributed by atoms with Crippen molar-refractivity contribution in [1.29, 1.82) is 0 Å². The molecule has 0 spiro atoms. The van der Waals surface area contributed by atoms with Gasteiger partial charge in [0.25, 0.3) is 5.91 Å². The van der Waals surface area contributed by atoms with E-state index in [1.807, 2.05) is 24.3 Å². The molecule has 1 aliphatic carbocycles. The van der Waals surface area contributed by atoms with E-state index in [1.54, 1.807) is 10.3 Å². The van der Waals surface area contributed by atoms with Crippen molar-refractivity contribution >= 4 is 34.4 Å². The number of carbonyl (C=O) groups is 3. The Morgan fingerprint density at radius 2 is 1.74 bits per heavy atom. The first-order valence-electron chi connectivity index (χ1n) is 11.6. The van der Waals surface area contributed by atoms with Crippen LogP contribution in [0.2, 0.25) is 0 Å².